The van der Waals surface area contributed by atoms with Crippen molar-refractivity contribution in [2.24, 2.45) is 0 Å². The van der Waals surface area contributed by atoms with Gasteiger partial charge >= 0.3 is 5.91 Å². The predicted molar refractivity (Wildman–Crippen MR) is 111 cm³/mol. The second-order valence-electron chi connectivity index (χ2n) is 5.84. The Balaban J connectivity index is 0.000000168. The molecule has 0 aliphatic heterocycles. The van der Waals surface area contributed by atoms with Gasteiger partial charge in [0.05, 0.1) is 17.0 Å². The van der Waals surface area contributed by atoms with E-state index < -0.39 is 5.91 Å². The molecular formula is C17H15ClN10O2. The number of carbonyl (C=O) groups is 1. The van der Waals surface area contributed by atoms with Crippen molar-refractivity contribution in [1.29, 1.82) is 0 Å². The molecule has 0 unspecified atom stereocenters. The molecule has 0 aliphatic rings. The van der Waals surface area contributed by atoms with Gasteiger partial charge in [0, 0.05) is 12.4 Å². The first kappa shape index (κ1) is 19.0. The summed E-state index contributed by atoms with van der Waals surface area (Å²) in [5, 5.41) is 1.89. The Morgan fingerprint density at radius 2 is 1.63 bits per heavy atom. The van der Waals surface area contributed by atoms with Crippen LogP contribution in [0.5, 0.6) is 0 Å². The Morgan fingerprint density at radius 3 is 2.33 bits per heavy atom. The highest BCUT2D eigenvalue weighted by Gasteiger charge is 2.11. The van der Waals surface area contributed by atoms with Gasteiger partial charge in [-0.25, -0.2) is 4.98 Å². The van der Waals surface area contributed by atoms with Crippen LogP contribution in [-0.2, 0) is 0 Å². The molecule has 0 bridgehead atoms. The van der Waals surface area contributed by atoms with Crippen LogP contribution < -0.4 is 22.3 Å². The molecule has 12 nitrogen and oxygen atoms in total. The van der Waals surface area contributed by atoms with E-state index >= 15 is 0 Å². The van der Waals surface area contributed by atoms with Crippen LogP contribution in [0.2, 0.25) is 5.15 Å². The highest BCUT2D eigenvalue weighted by atomic mass is 35.5. The van der Waals surface area contributed by atoms with Crippen molar-refractivity contribution in [3.05, 3.63) is 53.8 Å². The zero-order valence-corrected chi connectivity index (χ0v) is 15.9. The number of amides is 1. The molecule has 0 atom stereocenters. The van der Waals surface area contributed by atoms with Gasteiger partial charge in [0.15, 0.2) is 11.6 Å². The summed E-state index contributed by atoms with van der Waals surface area (Å²) >= 11 is 5.75. The summed E-state index contributed by atoms with van der Waals surface area (Å²) < 4.78 is 4.96. The summed E-state index contributed by atoms with van der Waals surface area (Å²) in [7, 11) is 0. The molecular weight excluding hydrogens is 412 g/mol. The summed E-state index contributed by atoms with van der Waals surface area (Å²) in [4.78, 5) is 33.2. The van der Waals surface area contributed by atoms with E-state index in [0.717, 1.165) is 5.39 Å². The molecule has 0 saturated heterocycles. The monoisotopic (exact) mass is 426 g/mol. The van der Waals surface area contributed by atoms with Crippen molar-refractivity contribution in [1.82, 2.24) is 35.3 Å². The number of anilines is 3. The molecule has 5 rings (SSSR count). The largest absolute Gasteiger partial charge is 0.459 e. The van der Waals surface area contributed by atoms with E-state index in [0.29, 0.717) is 27.7 Å². The minimum atomic E-state index is -0.411. The average molecular weight is 427 g/mol. The quantitative estimate of drug-likeness (QED) is 0.185. The maximum Gasteiger partial charge on any atom is 0.305 e. The molecule has 5 aromatic heterocycles. The van der Waals surface area contributed by atoms with Gasteiger partial charge in [0.1, 0.15) is 16.4 Å². The Morgan fingerprint density at radius 1 is 0.967 bits per heavy atom. The first-order valence-corrected chi connectivity index (χ1v) is 8.85. The van der Waals surface area contributed by atoms with Crippen LogP contribution in [0.3, 0.4) is 0 Å². The number of nitrogens with one attached hydrogen (secondary N) is 4. The SMILES string of the molecule is Nc1nc(Cl)c2cc[nH]c2n1.Nc1nc(NNC(=O)c2ccco2)c2cc[nH]c2n1. The number of furan rings is 1. The molecule has 13 heteroatoms. The maximum atomic E-state index is 11.7. The normalized spacial score (nSPS) is 10.6. The van der Waals surface area contributed by atoms with Crippen molar-refractivity contribution < 1.29 is 9.21 Å². The van der Waals surface area contributed by atoms with Crippen molar-refractivity contribution in [3.8, 4) is 0 Å². The lowest BCUT2D eigenvalue weighted by Gasteiger charge is -2.07. The lowest BCUT2D eigenvalue weighted by atomic mass is 10.4. The summed E-state index contributed by atoms with van der Waals surface area (Å²) in [6.45, 7) is 0. The number of carbonyl (C=O) groups excluding carboxylic acids is 1. The van der Waals surface area contributed by atoms with Crippen LogP contribution in [0.4, 0.5) is 17.7 Å². The number of nitrogens with zero attached hydrogens (tertiary/aromatic N) is 4. The van der Waals surface area contributed by atoms with Crippen molar-refractivity contribution >= 4 is 57.3 Å². The van der Waals surface area contributed by atoms with Crippen LogP contribution in [-0.4, -0.2) is 35.8 Å². The minimum Gasteiger partial charge on any atom is -0.459 e. The number of fused-ring (bicyclic) bond motifs is 2. The van der Waals surface area contributed by atoms with Crippen LogP contribution in [0.1, 0.15) is 10.6 Å². The molecule has 0 aromatic carbocycles. The van der Waals surface area contributed by atoms with Crippen LogP contribution in [0.25, 0.3) is 22.1 Å². The molecule has 1 amide bonds. The topological polar surface area (TPSA) is 189 Å². The highest BCUT2D eigenvalue weighted by Crippen LogP contribution is 2.20. The van der Waals surface area contributed by atoms with Gasteiger partial charge in [-0.1, -0.05) is 11.6 Å². The number of rotatable bonds is 3. The van der Waals surface area contributed by atoms with E-state index in [-0.39, 0.29) is 17.7 Å². The fourth-order valence-corrected chi connectivity index (χ4v) is 2.80. The second kappa shape index (κ2) is 7.97. The molecule has 0 radical (unpaired) electrons. The fourth-order valence-electron chi connectivity index (χ4n) is 2.56. The summed E-state index contributed by atoms with van der Waals surface area (Å²) in [6.07, 6.45) is 4.87. The number of H-pyrrole nitrogens is 2. The van der Waals surface area contributed by atoms with E-state index in [1.807, 2.05) is 0 Å². The van der Waals surface area contributed by atoms with Crippen molar-refractivity contribution in [2.75, 3.05) is 16.9 Å². The summed E-state index contributed by atoms with van der Waals surface area (Å²) in [6, 6.07) is 6.76. The number of nitrogen functional groups attached to an aromatic ring is 2. The number of aromatic amines is 2. The molecule has 0 fully saturated rings. The average Bonchev–Trinajstić information content (AvgIpc) is 3.46. The number of nitrogens with two attached hydrogens (primary N) is 2. The number of aromatic nitrogens is 6. The molecule has 30 heavy (non-hydrogen) atoms. The van der Waals surface area contributed by atoms with Gasteiger partial charge in [-0.3, -0.25) is 15.6 Å². The standard InChI is InChI=1S/C11H10N6O2.C6H5ClN4/c12-11-14-8-6(3-4-13-8)9(15-11)16-17-10(18)7-2-1-5-19-7;7-4-3-1-2-9-5(3)11-6(8)10-4/h1-5H,(H,17,18)(H4,12,13,14,15,16);1-2H,(H3,8,9,10,11). The van der Waals surface area contributed by atoms with Crippen molar-refractivity contribution in [3.63, 3.8) is 0 Å². The molecule has 0 spiro atoms. The van der Waals surface area contributed by atoms with Gasteiger partial charge < -0.3 is 25.9 Å². The predicted octanol–water partition coefficient (Wildman–Crippen LogP) is 2.08. The number of hydrogen-bond donors (Lipinski definition) is 6. The number of hydrogen-bond acceptors (Lipinski definition) is 9. The second-order valence-corrected chi connectivity index (χ2v) is 6.20. The van der Waals surface area contributed by atoms with E-state index in [9.17, 15) is 4.79 Å². The lowest BCUT2D eigenvalue weighted by molar-refractivity contribution is 0.0935. The van der Waals surface area contributed by atoms with Gasteiger partial charge in [0.25, 0.3) is 0 Å². The van der Waals surface area contributed by atoms with E-state index in [1.54, 1.807) is 36.7 Å². The first-order chi connectivity index (χ1) is 14.5. The zero-order chi connectivity index (χ0) is 21.1. The fraction of sp³-hybridized carbons (Fsp3) is 0. The third-order valence-electron chi connectivity index (χ3n) is 3.86. The summed E-state index contributed by atoms with van der Waals surface area (Å²) in [5.41, 5.74) is 17.3. The van der Waals surface area contributed by atoms with Crippen LogP contribution in [0, 0.1) is 0 Å². The molecule has 0 saturated carbocycles. The molecule has 8 N–H and O–H groups in total. The molecule has 0 aliphatic carbocycles. The maximum absolute atomic E-state index is 11.7. The first-order valence-electron chi connectivity index (χ1n) is 8.48. The van der Waals surface area contributed by atoms with Crippen molar-refractivity contribution in [2.45, 2.75) is 0 Å². The van der Waals surface area contributed by atoms with Gasteiger partial charge in [-0.15, -0.1) is 0 Å². The van der Waals surface area contributed by atoms with Crippen LogP contribution >= 0.6 is 11.6 Å². The Labute approximate surface area is 173 Å². The van der Waals surface area contributed by atoms with Gasteiger partial charge in [0.2, 0.25) is 11.9 Å². The Bertz CT molecular complexity index is 1310. The zero-order valence-electron chi connectivity index (χ0n) is 15.2. The van der Waals surface area contributed by atoms with E-state index in [2.05, 4.69) is 40.8 Å². The minimum absolute atomic E-state index is 0.102. The molecule has 5 aromatic rings. The van der Waals surface area contributed by atoms with E-state index in [1.165, 1.54) is 6.26 Å². The number of hydrazine groups is 1. The third kappa shape index (κ3) is 3.93. The van der Waals surface area contributed by atoms with Crippen LogP contribution in [0.15, 0.2) is 47.3 Å². The summed E-state index contributed by atoms with van der Waals surface area (Å²) in [5.74, 6) is 0.476. The third-order valence-corrected chi connectivity index (χ3v) is 4.15. The van der Waals surface area contributed by atoms with Gasteiger partial charge in [-0.2, -0.15) is 15.0 Å². The lowest BCUT2D eigenvalue weighted by Crippen LogP contribution is -2.29. The van der Waals surface area contributed by atoms with Gasteiger partial charge in [-0.05, 0) is 24.3 Å². The highest BCUT2D eigenvalue weighted by molar-refractivity contribution is 6.34. The smallest absolute Gasteiger partial charge is 0.305 e. The molecule has 152 valence electrons. The number of halogens is 1. The Kier molecular flexibility index (Phi) is 5.05. The van der Waals surface area contributed by atoms with E-state index in [4.69, 9.17) is 27.5 Å². The Hall–Kier alpha value is -4.32. The molecule has 5 heterocycles.